The SMILES string of the molecule is Nc1ccc2oc(COc3ccc(F)cc3)cc2c1. The molecule has 0 aliphatic heterocycles. The Kier molecular flexibility index (Phi) is 2.83. The van der Waals surface area contributed by atoms with Crippen LogP contribution < -0.4 is 10.5 Å². The van der Waals surface area contributed by atoms with Gasteiger partial charge >= 0.3 is 0 Å². The summed E-state index contributed by atoms with van der Waals surface area (Å²) in [7, 11) is 0. The third kappa shape index (κ3) is 2.52. The number of fused-ring (bicyclic) bond motifs is 1. The molecule has 0 spiro atoms. The van der Waals surface area contributed by atoms with E-state index in [4.69, 9.17) is 14.9 Å². The van der Waals surface area contributed by atoms with E-state index in [1.807, 2.05) is 18.2 Å². The second-order valence-electron chi connectivity index (χ2n) is 4.25. The molecule has 0 saturated heterocycles. The van der Waals surface area contributed by atoms with Crippen molar-refractivity contribution in [2.75, 3.05) is 5.73 Å². The van der Waals surface area contributed by atoms with Crippen molar-refractivity contribution in [1.29, 1.82) is 0 Å². The Bertz CT molecular complexity index is 704. The number of rotatable bonds is 3. The third-order valence-electron chi connectivity index (χ3n) is 2.79. The van der Waals surface area contributed by atoms with Crippen LogP contribution in [0, 0.1) is 5.82 Å². The summed E-state index contributed by atoms with van der Waals surface area (Å²) in [5.74, 6) is 1.01. The molecular formula is C15H12FNO2. The van der Waals surface area contributed by atoms with E-state index in [0.717, 1.165) is 11.0 Å². The number of hydrogen-bond acceptors (Lipinski definition) is 3. The highest BCUT2D eigenvalue weighted by molar-refractivity contribution is 5.81. The monoisotopic (exact) mass is 257 g/mol. The zero-order valence-corrected chi connectivity index (χ0v) is 10.1. The van der Waals surface area contributed by atoms with Crippen LogP contribution in [0.5, 0.6) is 5.75 Å². The topological polar surface area (TPSA) is 48.4 Å². The number of hydrogen-bond donors (Lipinski definition) is 1. The van der Waals surface area contributed by atoms with Gasteiger partial charge in [-0.1, -0.05) is 0 Å². The first kappa shape index (κ1) is 11.6. The van der Waals surface area contributed by atoms with Gasteiger partial charge in [-0.25, -0.2) is 4.39 Å². The quantitative estimate of drug-likeness (QED) is 0.727. The Morgan fingerprint density at radius 2 is 1.84 bits per heavy atom. The lowest BCUT2D eigenvalue weighted by Crippen LogP contribution is -1.93. The van der Waals surface area contributed by atoms with Crippen LogP contribution in [0.1, 0.15) is 5.76 Å². The van der Waals surface area contributed by atoms with Gasteiger partial charge in [-0.15, -0.1) is 0 Å². The molecule has 2 N–H and O–H groups in total. The fourth-order valence-corrected chi connectivity index (χ4v) is 1.87. The second-order valence-corrected chi connectivity index (χ2v) is 4.25. The summed E-state index contributed by atoms with van der Waals surface area (Å²) >= 11 is 0. The Morgan fingerprint density at radius 3 is 2.63 bits per heavy atom. The zero-order chi connectivity index (χ0) is 13.2. The van der Waals surface area contributed by atoms with Crippen LogP contribution in [0.15, 0.2) is 52.9 Å². The van der Waals surface area contributed by atoms with Crippen LogP contribution in [0.3, 0.4) is 0 Å². The molecule has 3 rings (SSSR count). The van der Waals surface area contributed by atoms with E-state index in [1.165, 1.54) is 12.1 Å². The van der Waals surface area contributed by atoms with Gasteiger partial charge in [-0.2, -0.15) is 0 Å². The number of ether oxygens (including phenoxy) is 1. The van der Waals surface area contributed by atoms with E-state index in [1.54, 1.807) is 18.2 Å². The molecule has 0 aliphatic carbocycles. The number of halogens is 1. The Morgan fingerprint density at radius 1 is 1.05 bits per heavy atom. The van der Waals surface area contributed by atoms with Crippen LogP contribution in [0.4, 0.5) is 10.1 Å². The first-order valence-electron chi connectivity index (χ1n) is 5.87. The minimum atomic E-state index is -0.286. The predicted molar refractivity (Wildman–Crippen MR) is 71.4 cm³/mol. The van der Waals surface area contributed by atoms with Gasteiger partial charge in [-0.3, -0.25) is 0 Å². The average Bonchev–Trinajstić information content (AvgIpc) is 2.80. The molecule has 1 heterocycles. The highest BCUT2D eigenvalue weighted by Crippen LogP contribution is 2.23. The molecule has 0 bridgehead atoms. The van der Waals surface area contributed by atoms with Crippen molar-refractivity contribution in [2.24, 2.45) is 0 Å². The van der Waals surface area contributed by atoms with Crippen LogP contribution >= 0.6 is 0 Å². The lowest BCUT2D eigenvalue weighted by Gasteiger charge is -2.03. The van der Waals surface area contributed by atoms with Gasteiger partial charge in [0.1, 0.15) is 29.5 Å². The lowest BCUT2D eigenvalue weighted by atomic mass is 10.2. The summed E-state index contributed by atoms with van der Waals surface area (Å²) in [5, 5.41) is 0.942. The molecule has 0 amide bonds. The molecule has 0 atom stereocenters. The molecule has 2 aromatic carbocycles. The molecule has 3 nitrogen and oxygen atoms in total. The summed E-state index contributed by atoms with van der Waals surface area (Å²) in [6.45, 7) is 0.292. The maximum absolute atomic E-state index is 12.7. The average molecular weight is 257 g/mol. The molecule has 0 saturated carbocycles. The summed E-state index contributed by atoms with van der Waals surface area (Å²) < 4.78 is 23.9. The normalized spacial score (nSPS) is 10.8. The van der Waals surface area contributed by atoms with Gasteiger partial charge in [0.05, 0.1) is 0 Å². The van der Waals surface area contributed by atoms with Crippen molar-refractivity contribution < 1.29 is 13.5 Å². The van der Waals surface area contributed by atoms with Crippen LogP contribution in [-0.4, -0.2) is 0 Å². The van der Waals surface area contributed by atoms with Gasteiger partial charge in [0.25, 0.3) is 0 Å². The number of nitrogen functional groups attached to an aromatic ring is 1. The second kappa shape index (κ2) is 4.65. The van der Waals surface area contributed by atoms with Gasteiger partial charge in [0, 0.05) is 11.1 Å². The number of nitrogens with two attached hydrogens (primary N) is 1. The molecular weight excluding hydrogens is 245 g/mol. The van der Waals surface area contributed by atoms with Crippen molar-refractivity contribution >= 4 is 16.7 Å². The van der Waals surface area contributed by atoms with Gasteiger partial charge < -0.3 is 14.9 Å². The van der Waals surface area contributed by atoms with Crippen molar-refractivity contribution in [3.63, 3.8) is 0 Å². The molecule has 4 heteroatoms. The van der Waals surface area contributed by atoms with E-state index >= 15 is 0 Å². The first-order chi connectivity index (χ1) is 9.20. The first-order valence-corrected chi connectivity index (χ1v) is 5.87. The lowest BCUT2D eigenvalue weighted by molar-refractivity contribution is 0.274. The van der Waals surface area contributed by atoms with E-state index < -0.39 is 0 Å². The van der Waals surface area contributed by atoms with Gasteiger partial charge in [0.2, 0.25) is 0 Å². The number of anilines is 1. The van der Waals surface area contributed by atoms with Crippen molar-refractivity contribution in [1.82, 2.24) is 0 Å². The molecule has 0 aliphatic rings. The predicted octanol–water partition coefficient (Wildman–Crippen LogP) is 3.73. The molecule has 1 aromatic heterocycles. The maximum atomic E-state index is 12.7. The van der Waals surface area contributed by atoms with E-state index in [0.29, 0.717) is 23.8 Å². The fourth-order valence-electron chi connectivity index (χ4n) is 1.87. The fraction of sp³-hybridized carbons (Fsp3) is 0.0667. The molecule has 0 fully saturated rings. The number of furan rings is 1. The summed E-state index contributed by atoms with van der Waals surface area (Å²) in [4.78, 5) is 0. The number of benzene rings is 2. The van der Waals surface area contributed by atoms with Crippen LogP contribution in [0.25, 0.3) is 11.0 Å². The van der Waals surface area contributed by atoms with E-state index in [-0.39, 0.29) is 5.82 Å². The molecule has 0 unspecified atom stereocenters. The summed E-state index contributed by atoms with van der Waals surface area (Å²) in [5.41, 5.74) is 7.17. The molecule has 19 heavy (non-hydrogen) atoms. The molecule has 0 radical (unpaired) electrons. The van der Waals surface area contributed by atoms with Gasteiger partial charge in [-0.05, 0) is 48.5 Å². The van der Waals surface area contributed by atoms with Crippen molar-refractivity contribution in [2.45, 2.75) is 6.61 Å². The highest BCUT2D eigenvalue weighted by Gasteiger charge is 2.05. The van der Waals surface area contributed by atoms with Crippen molar-refractivity contribution in [3.05, 3.63) is 60.1 Å². The highest BCUT2D eigenvalue weighted by atomic mass is 19.1. The Hall–Kier alpha value is -2.49. The smallest absolute Gasteiger partial charge is 0.146 e. The molecule has 3 aromatic rings. The maximum Gasteiger partial charge on any atom is 0.146 e. The third-order valence-corrected chi connectivity index (χ3v) is 2.79. The van der Waals surface area contributed by atoms with E-state index in [2.05, 4.69) is 0 Å². The Labute approximate surface area is 109 Å². The standard InChI is InChI=1S/C15H12FNO2/c16-11-1-4-13(5-2-11)18-9-14-8-10-7-12(17)3-6-15(10)19-14/h1-8H,9,17H2. The minimum absolute atomic E-state index is 0.286. The summed E-state index contributed by atoms with van der Waals surface area (Å²) in [6.07, 6.45) is 0. The Balaban J connectivity index is 1.76. The van der Waals surface area contributed by atoms with Crippen LogP contribution in [-0.2, 0) is 6.61 Å². The minimum Gasteiger partial charge on any atom is -0.486 e. The van der Waals surface area contributed by atoms with Gasteiger partial charge in [0.15, 0.2) is 0 Å². The summed E-state index contributed by atoms with van der Waals surface area (Å²) in [6, 6.07) is 13.2. The molecule has 96 valence electrons. The van der Waals surface area contributed by atoms with E-state index in [9.17, 15) is 4.39 Å². The van der Waals surface area contributed by atoms with Crippen LogP contribution in [0.2, 0.25) is 0 Å². The largest absolute Gasteiger partial charge is 0.486 e. The zero-order valence-electron chi connectivity index (χ0n) is 10.1. The van der Waals surface area contributed by atoms with Crippen molar-refractivity contribution in [3.8, 4) is 5.75 Å².